The molecule has 1 heterocycles. The number of rotatable bonds is 9. The van der Waals surface area contributed by atoms with Crippen molar-refractivity contribution in [2.24, 2.45) is 0 Å². The number of unbranched alkanes of at least 4 members (excludes halogenated alkanes) is 1. The zero-order chi connectivity index (χ0) is 24.1. The van der Waals surface area contributed by atoms with Gasteiger partial charge < -0.3 is 5.32 Å². The minimum Gasteiger partial charge on any atom is -0.321 e. The Morgan fingerprint density at radius 1 is 0.971 bits per heavy atom. The third-order valence-corrected chi connectivity index (χ3v) is 8.63. The van der Waals surface area contributed by atoms with Crippen LogP contribution in [0.5, 0.6) is 0 Å². The van der Waals surface area contributed by atoms with Crippen LogP contribution in [0.3, 0.4) is 0 Å². The molecule has 0 atom stereocenters. The zero-order valence-electron chi connectivity index (χ0n) is 19.2. The Balaban J connectivity index is 1.55. The van der Waals surface area contributed by atoms with E-state index in [9.17, 15) is 13.2 Å². The summed E-state index contributed by atoms with van der Waals surface area (Å²) >= 11 is 1.57. The number of fused-ring (bicyclic) bond motifs is 1. The van der Waals surface area contributed by atoms with Crippen molar-refractivity contribution in [3.63, 3.8) is 0 Å². The Bertz CT molecular complexity index is 1360. The van der Waals surface area contributed by atoms with Gasteiger partial charge in [-0.25, -0.2) is 13.4 Å². The van der Waals surface area contributed by atoms with Gasteiger partial charge in [0.05, 0.1) is 20.8 Å². The summed E-state index contributed by atoms with van der Waals surface area (Å²) in [6.45, 7) is 4.76. The summed E-state index contributed by atoms with van der Waals surface area (Å²) in [6, 6.07) is 21.6. The summed E-state index contributed by atoms with van der Waals surface area (Å²) in [5.41, 5.74) is 2.79. The minimum atomic E-state index is -3.59. The van der Waals surface area contributed by atoms with Crippen LogP contribution in [-0.4, -0.2) is 36.7 Å². The number of carbonyl (C=O) groups excluding carboxylic acids is 1. The van der Waals surface area contributed by atoms with Gasteiger partial charge >= 0.3 is 0 Å². The van der Waals surface area contributed by atoms with Gasteiger partial charge in [-0.05, 0) is 55.0 Å². The lowest BCUT2D eigenvalue weighted by atomic mass is 10.1. The highest BCUT2D eigenvalue weighted by Crippen LogP contribution is 2.34. The summed E-state index contributed by atoms with van der Waals surface area (Å²) in [4.78, 5) is 17.9. The van der Waals surface area contributed by atoms with Crippen LogP contribution < -0.4 is 5.32 Å². The van der Waals surface area contributed by atoms with Crippen LogP contribution >= 0.6 is 11.3 Å². The van der Waals surface area contributed by atoms with Crippen molar-refractivity contribution in [1.29, 1.82) is 0 Å². The highest BCUT2D eigenvalue weighted by Gasteiger charge is 2.23. The lowest BCUT2D eigenvalue weighted by Gasteiger charge is -2.20. The fraction of sp³-hybridized carbons (Fsp3) is 0.231. The van der Waals surface area contributed by atoms with Gasteiger partial charge in [-0.2, -0.15) is 4.31 Å². The number of sulfonamides is 1. The SMILES string of the molecule is CCCCN(CC)S(=O)(=O)c1ccc(C(=O)Nc2ccccc2-c2nc3ccccc3s2)cc1. The molecule has 3 aromatic carbocycles. The second-order valence-corrected chi connectivity index (χ2v) is 10.8. The fourth-order valence-electron chi connectivity index (χ4n) is 3.67. The fourth-order valence-corrected chi connectivity index (χ4v) is 6.16. The van der Waals surface area contributed by atoms with Gasteiger partial charge in [0.25, 0.3) is 5.91 Å². The van der Waals surface area contributed by atoms with E-state index in [2.05, 4.69) is 5.32 Å². The van der Waals surface area contributed by atoms with Gasteiger partial charge in [0, 0.05) is 24.2 Å². The molecule has 176 valence electrons. The molecule has 1 aromatic heterocycles. The van der Waals surface area contributed by atoms with Crippen LogP contribution in [0.4, 0.5) is 5.69 Å². The third-order valence-electron chi connectivity index (χ3n) is 5.57. The summed E-state index contributed by atoms with van der Waals surface area (Å²) in [5.74, 6) is -0.309. The number of nitrogens with zero attached hydrogens (tertiary/aromatic N) is 2. The number of hydrogen-bond acceptors (Lipinski definition) is 5. The minimum absolute atomic E-state index is 0.192. The van der Waals surface area contributed by atoms with Crippen molar-refractivity contribution in [3.05, 3.63) is 78.4 Å². The van der Waals surface area contributed by atoms with Gasteiger partial charge in [0.1, 0.15) is 5.01 Å². The maximum absolute atomic E-state index is 13.0. The van der Waals surface area contributed by atoms with E-state index in [0.29, 0.717) is 24.3 Å². The molecule has 0 unspecified atom stereocenters. The van der Waals surface area contributed by atoms with E-state index in [-0.39, 0.29) is 10.8 Å². The first-order valence-corrected chi connectivity index (χ1v) is 13.6. The summed E-state index contributed by atoms with van der Waals surface area (Å²) in [5, 5.41) is 3.78. The predicted molar refractivity (Wildman–Crippen MR) is 139 cm³/mol. The Morgan fingerprint density at radius 3 is 2.38 bits per heavy atom. The maximum Gasteiger partial charge on any atom is 0.255 e. The van der Waals surface area contributed by atoms with Gasteiger partial charge in [0.2, 0.25) is 10.0 Å². The van der Waals surface area contributed by atoms with Crippen LogP contribution in [0.2, 0.25) is 0 Å². The smallest absolute Gasteiger partial charge is 0.255 e. The molecule has 4 aromatic rings. The average Bonchev–Trinajstić information content (AvgIpc) is 3.29. The molecule has 0 bridgehead atoms. The van der Waals surface area contributed by atoms with E-state index in [0.717, 1.165) is 33.6 Å². The second-order valence-electron chi connectivity index (χ2n) is 7.86. The van der Waals surface area contributed by atoms with E-state index < -0.39 is 10.0 Å². The Hall–Kier alpha value is -3.07. The topological polar surface area (TPSA) is 79.4 Å². The van der Waals surface area contributed by atoms with Gasteiger partial charge in [-0.15, -0.1) is 11.3 Å². The number of amides is 1. The molecular formula is C26H27N3O3S2. The van der Waals surface area contributed by atoms with Crippen molar-refractivity contribution < 1.29 is 13.2 Å². The van der Waals surface area contributed by atoms with Gasteiger partial charge in [0.15, 0.2) is 0 Å². The first-order chi connectivity index (χ1) is 16.4. The standard InChI is InChI=1S/C26H27N3O3S2/c1-3-5-18-29(4-2)34(31,32)20-16-14-19(15-17-20)25(30)27-22-11-7-6-10-21(22)26-28-23-12-8-9-13-24(23)33-26/h6-17H,3-5,18H2,1-2H3,(H,27,30). The normalized spacial score (nSPS) is 11.7. The molecule has 0 radical (unpaired) electrons. The summed E-state index contributed by atoms with van der Waals surface area (Å²) < 4.78 is 28.4. The van der Waals surface area contributed by atoms with Crippen molar-refractivity contribution in [3.8, 4) is 10.6 Å². The largest absolute Gasteiger partial charge is 0.321 e. The Morgan fingerprint density at radius 2 is 1.68 bits per heavy atom. The highest BCUT2D eigenvalue weighted by atomic mass is 32.2. The van der Waals surface area contributed by atoms with E-state index in [4.69, 9.17) is 4.98 Å². The molecule has 34 heavy (non-hydrogen) atoms. The molecule has 8 heteroatoms. The number of anilines is 1. The summed E-state index contributed by atoms with van der Waals surface area (Å²) in [6.07, 6.45) is 1.73. The molecule has 0 aliphatic rings. The number of thiazole rings is 1. The molecular weight excluding hydrogens is 466 g/mol. The lowest BCUT2D eigenvalue weighted by Crippen LogP contribution is -2.31. The molecule has 0 aliphatic carbocycles. The summed E-state index contributed by atoms with van der Waals surface area (Å²) in [7, 11) is -3.59. The molecule has 0 fully saturated rings. The van der Waals surface area contributed by atoms with E-state index in [1.165, 1.54) is 16.4 Å². The average molecular weight is 494 g/mol. The van der Waals surface area contributed by atoms with Crippen molar-refractivity contribution >= 4 is 43.2 Å². The first kappa shape index (κ1) is 24.1. The Kier molecular flexibility index (Phi) is 7.41. The molecule has 1 N–H and O–H groups in total. The quantitative estimate of drug-likeness (QED) is 0.309. The number of para-hydroxylation sites is 2. The second kappa shape index (κ2) is 10.5. The van der Waals surface area contributed by atoms with Gasteiger partial charge in [-0.3, -0.25) is 4.79 Å². The molecule has 0 spiro atoms. The number of aromatic nitrogens is 1. The van der Waals surface area contributed by atoms with Crippen LogP contribution in [0.25, 0.3) is 20.8 Å². The monoisotopic (exact) mass is 493 g/mol. The van der Waals surface area contributed by atoms with E-state index in [1.54, 1.807) is 23.5 Å². The van der Waals surface area contributed by atoms with Crippen molar-refractivity contribution in [2.45, 2.75) is 31.6 Å². The van der Waals surface area contributed by atoms with Crippen LogP contribution in [0, 0.1) is 0 Å². The molecule has 0 saturated carbocycles. The van der Waals surface area contributed by atoms with Crippen molar-refractivity contribution in [1.82, 2.24) is 9.29 Å². The number of carbonyl (C=O) groups is 1. The maximum atomic E-state index is 13.0. The van der Waals surface area contributed by atoms with Crippen molar-refractivity contribution in [2.75, 3.05) is 18.4 Å². The van der Waals surface area contributed by atoms with Crippen LogP contribution in [0.15, 0.2) is 77.7 Å². The van der Waals surface area contributed by atoms with Gasteiger partial charge in [-0.1, -0.05) is 44.5 Å². The molecule has 1 amide bonds. The molecule has 6 nitrogen and oxygen atoms in total. The lowest BCUT2D eigenvalue weighted by molar-refractivity contribution is 0.102. The third kappa shape index (κ3) is 5.04. The van der Waals surface area contributed by atoms with Crippen LogP contribution in [-0.2, 0) is 10.0 Å². The van der Waals surface area contributed by atoms with Crippen LogP contribution in [0.1, 0.15) is 37.0 Å². The number of nitrogens with one attached hydrogen (secondary N) is 1. The number of hydrogen-bond donors (Lipinski definition) is 1. The molecule has 0 saturated heterocycles. The van der Waals surface area contributed by atoms with E-state index in [1.807, 2.05) is 62.4 Å². The number of benzene rings is 3. The highest BCUT2D eigenvalue weighted by molar-refractivity contribution is 7.89. The Labute approximate surface area is 204 Å². The zero-order valence-corrected chi connectivity index (χ0v) is 20.8. The van der Waals surface area contributed by atoms with E-state index >= 15 is 0 Å². The molecule has 4 rings (SSSR count). The molecule has 0 aliphatic heterocycles. The first-order valence-electron chi connectivity index (χ1n) is 11.3. The predicted octanol–water partition coefficient (Wildman–Crippen LogP) is 6.03.